The zero-order valence-electron chi connectivity index (χ0n) is 12.7. The van der Waals surface area contributed by atoms with E-state index in [1.165, 1.54) is 38.5 Å². The monoisotopic (exact) mass is 282 g/mol. The Morgan fingerprint density at radius 2 is 1.55 bits per heavy atom. The molecule has 0 aromatic carbocycles. The average molecular weight is 282 g/mol. The number of carbonyl (C=O) groups is 2. The van der Waals surface area contributed by atoms with Crippen molar-refractivity contribution >= 4 is 11.8 Å². The number of aliphatic carboxylic acids is 1. The van der Waals surface area contributed by atoms with Crippen molar-refractivity contribution in [3.05, 3.63) is 0 Å². The van der Waals surface area contributed by atoms with Crippen molar-refractivity contribution in [2.45, 2.75) is 89.9 Å². The third kappa shape index (κ3) is 8.34. The minimum atomic E-state index is -0.727. The van der Waals surface area contributed by atoms with Crippen LogP contribution in [-0.4, -0.2) is 16.9 Å². The van der Waals surface area contributed by atoms with E-state index in [4.69, 9.17) is 5.11 Å². The van der Waals surface area contributed by atoms with Crippen LogP contribution in [-0.2, 0) is 9.59 Å². The van der Waals surface area contributed by atoms with Crippen LogP contribution in [0.1, 0.15) is 89.9 Å². The molecule has 1 aliphatic carbocycles. The molecule has 0 aromatic heterocycles. The maximum atomic E-state index is 12.2. The molecule has 1 N–H and O–H groups in total. The largest absolute Gasteiger partial charge is 0.481 e. The number of unbranched alkanes of at least 4 members (excludes halogenated alkanes) is 1. The van der Waals surface area contributed by atoms with Crippen LogP contribution in [0.5, 0.6) is 0 Å². The highest BCUT2D eigenvalue weighted by Crippen LogP contribution is 2.23. The predicted octanol–water partition coefficient (Wildman–Crippen LogP) is 4.73. The SMILES string of the molecule is O=C(O)CCCCC1CCCCCCCCCCC1=O. The third-order valence-electron chi connectivity index (χ3n) is 4.37. The summed E-state index contributed by atoms with van der Waals surface area (Å²) in [7, 11) is 0. The van der Waals surface area contributed by atoms with Gasteiger partial charge in [0.15, 0.2) is 0 Å². The highest BCUT2D eigenvalue weighted by molar-refractivity contribution is 5.80. The number of hydrogen-bond acceptors (Lipinski definition) is 2. The number of ketones is 1. The Hall–Kier alpha value is -0.860. The number of hydrogen-bond donors (Lipinski definition) is 1. The van der Waals surface area contributed by atoms with Crippen LogP contribution in [0.15, 0.2) is 0 Å². The van der Waals surface area contributed by atoms with E-state index in [1.807, 2.05) is 0 Å². The molecule has 0 amide bonds. The molecule has 0 aromatic rings. The maximum Gasteiger partial charge on any atom is 0.303 e. The van der Waals surface area contributed by atoms with E-state index in [1.54, 1.807) is 0 Å². The van der Waals surface area contributed by atoms with Crippen molar-refractivity contribution < 1.29 is 14.7 Å². The zero-order valence-corrected chi connectivity index (χ0v) is 12.7. The summed E-state index contributed by atoms with van der Waals surface area (Å²) in [5.74, 6) is -0.0980. The van der Waals surface area contributed by atoms with E-state index >= 15 is 0 Å². The molecule has 0 radical (unpaired) electrons. The Kier molecular flexibility index (Phi) is 9.35. The molecule has 1 atom stereocenters. The van der Waals surface area contributed by atoms with Crippen molar-refractivity contribution in [1.82, 2.24) is 0 Å². The number of carboxylic acid groups (broad SMARTS) is 1. The van der Waals surface area contributed by atoms with Crippen LogP contribution in [0.2, 0.25) is 0 Å². The fraction of sp³-hybridized carbons (Fsp3) is 0.882. The zero-order chi connectivity index (χ0) is 14.6. The van der Waals surface area contributed by atoms with Crippen molar-refractivity contribution in [3.63, 3.8) is 0 Å². The van der Waals surface area contributed by atoms with Gasteiger partial charge in [0.2, 0.25) is 0 Å². The standard InChI is InChI=1S/C17H30O3/c18-16-13-8-6-4-2-1-3-5-7-11-15(16)12-9-10-14-17(19)20/h15H,1-14H2,(H,19,20). The summed E-state index contributed by atoms with van der Waals surface area (Å²) >= 11 is 0. The summed E-state index contributed by atoms with van der Waals surface area (Å²) in [5, 5.41) is 8.64. The molecule has 0 aliphatic heterocycles. The van der Waals surface area contributed by atoms with E-state index in [0.29, 0.717) is 12.2 Å². The Labute approximate surface area is 123 Å². The van der Waals surface area contributed by atoms with E-state index in [0.717, 1.165) is 38.5 Å². The van der Waals surface area contributed by atoms with Crippen molar-refractivity contribution in [1.29, 1.82) is 0 Å². The molecule has 116 valence electrons. The second kappa shape index (κ2) is 10.9. The van der Waals surface area contributed by atoms with Crippen LogP contribution in [0.3, 0.4) is 0 Å². The normalized spacial score (nSPS) is 22.8. The van der Waals surface area contributed by atoms with Gasteiger partial charge in [-0.05, 0) is 25.7 Å². The molecule has 1 rings (SSSR count). The molecule has 0 bridgehead atoms. The fourth-order valence-electron chi connectivity index (χ4n) is 3.09. The first-order valence-corrected chi connectivity index (χ1v) is 8.44. The van der Waals surface area contributed by atoms with Gasteiger partial charge in [-0.1, -0.05) is 51.4 Å². The molecule has 1 saturated carbocycles. The van der Waals surface area contributed by atoms with Crippen molar-refractivity contribution in [2.75, 3.05) is 0 Å². The molecule has 1 aliphatic rings. The average Bonchev–Trinajstić information content (AvgIpc) is 2.40. The molecular formula is C17H30O3. The molecule has 3 nitrogen and oxygen atoms in total. The van der Waals surface area contributed by atoms with Gasteiger partial charge < -0.3 is 5.11 Å². The molecular weight excluding hydrogens is 252 g/mol. The van der Waals surface area contributed by atoms with Gasteiger partial charge in [-0.25, -0.2) is 0 Å². The van der Waals surface area contributed by atoms with Gasteiger partial charge in [0.25, 0.3) is 0 Å². The van der Waals surface area contributed by atoms with Crippen LogP contribution in [0.4, 0.5) is 0 Å². The van der Waals surface area contributed by atoms with Gasteiger partial charge in [-0.2, -0.15) is 0 Å². The van der Waals surface area contributed by atoms with Crippen LogP contribution in [0.25, 0.3) is 0 Å². The molecule has 1 fully saturated rings. The molecule has 0 saturated heterocycles. The minimum Gasteiger partial charge on any atom is -0.481 e. The molecule has 3 heteroatoms. The predicted molar refractivity (Wildman–Crippen MR) is 80.8 cm³/mol. The lowest BCUT2D eigenvalue weighted by Crippen LogP contribution is -2.15. The summed E-state index contributed by atoms with van der Waals surface area (Å²) in [6, 6.07) is 0. The lowest BCUT2D eigenvalue weighted by atomic mass is 9.88. The van der Waals surface area contributed by atoms with Gasteiger partial charge >= 0.3 is 5.97 Å². The van der Waals surface area contributed by atoms with E-state index in [-0.39, 0.29) is 12.3 Å². The van der Waals surface area contributed by atoms with Crippen LogP contribution >= 0.6 is 0 Å². The Balaban J connectivity index is 2.32. The number of carbonyl (C=O) groups excluding carboxylic acids is 1. The van der Waals surface area contributed by atoms with E-state index in [9.17, 15) is 9.59 Å². The fourth-order valence-corrected chi connectivity index (χ4v) is 3.09. The summed E-state index contributed by atoms with van der Waals surface area (Å²) < 4.78 is 0. The van der Waals surface area contributed by atoms with Gasteiger partial charge in [-0.3, -0.25) is 9.59 Å². The summed E-state index contributed by atoms with van der Waals surface area (Å²) in [6.07, 6.45) is 14.4. The third-order valence-corrected chi connectivity index (χ3v) is 4.37. The van der Waals surface area contributed by atoms with Gasteiger partial charge in [-0.15, -0.1) is 0 Å². The van der Waals surface area contributed by atoms with Gasteiger partial charge in [0.05, 0.1) is 0 Å². The number of carboxylic acids is 1. The minimum absolute atomic E-state index is 0.197. The highest BCUT2D eigenvalue weighted by Gasteiger charge is 2.17. The van der Waals surface area contributed by atoms with Crippen molar-refractivity contribution in [3.8, 4) is 0 Å². The highest BCUT2D eigenvalue weighted by atomic mass is 16.4. The van der Waals surface area contributed by atoms with E-state index < -0.39 is 5.97 Å². The van der Waals surface area contributed by atoms with Crippen LogP contribution in [0, 0.1) is 5.92 Å². The topological polar surface area (TPSA) is 54.4 Å². The second-order valence-corrected chi connectivity index (χ2v) is 6.17. The smallest absolute Gasteiger partial charge is 0.303 e. The Bertz CT molecular complexity index is 286. The summed E-state index contributed by atoms with van der Waals surface area (Å²) in [5.41, 5.74) is 0. The molecule has 0 spiro atoms. The lowest BCUT2D eigenvalue weighted by molar-refractivity contribution is -0.137. The summed E-state index contributed by atoms with van der Waals surface area (Å²) in [4.78, 5) is 22.7. The Morgan fingerprint density at radius 1 is 0.950 bits per heavy atom. The van der Waals surface area contributed by atoms with E-state index in [2.05, 4.69) is 0 Å². The Morgan fingerprint density at radius 3 is 2.20 bits per heavy atom. The van der Waals surface area contributed by atoms with Gasteiger partial charge in [0.1, 0.15) is 5.78 Å². The molecule has 0 heterocycles. The quantitative estimate of drug-likeness (QED) is 0.741. The lowest BCUT2D eigenvalue weighted by Gasteiger charge is -2.16. The van der Waals surface area contributed by atoms with Gasteiger partial charge in [0, 0.05) is 18.8 Å². The molecule has 20 heavy (non-hydrogen) atoms. The van der Waals surface area contributed by atoms with Crippen molar-refractivity contribution in [2.24, 2.45) is 5.92 Å². The molecule has 1 unspecified atom stereocenters. The maximum absolute atomic E-state index is 12.2. The summed E-state index contributed by atoms with van der Waals surface area (Å²) in [6.45, 7) is 0. The first-order chi connectivity index (χ1) is 9.70. The number of rotatable bonds is 5. The first-order valence-electron chi connectivity index (χ1n) is 8.44. The number of Topliss-reactive ketones (excluding diaryl/α,β-unsaturated/α-hetero) is 1. The first kappa shape index (κ1) is 17.2. The van der Waals surface area contributed by atoms with Crippen LogP contribution < -0.4 is 0 Å². The second-order valence-electron chi connectivity index (χ2n) is 6.17.